The molecular formula is C18H16O3. The van der Waals surface area contributed by atoms with Crippen LogP contribution < -0.4 is 9.47 Å². The van der Waals surface area contributed by atoms with Gasteiger partial charge in [0.05, 0.1) is 14.2 Å². The Balaban J connectivity index is 2.02. The fraction of sp³-hybridized carbons (Fsp3) is 0.167. The second-order valence-corrected chi connectivity index (χ2v) is 4.94. The van der Waals surface area contributed by atoms with Gasteiger partial charge in [0.25, 0.3) is 0 Å². The number of fused-ring (bicyclic) bond motifs is 1. The van der Waals surface area contributed by atoms with Crippen molar-refractivity contribution in [3.8, 4) is 11.5 Å². The molecule has 0 bridgehead atoms. The van der Waals surface area contributed by atoms with Gasteiger partial charge in [-0.25, -0.2) is 0 Å². The molecule has 1 aliphatic carbocycles. The van der Waals surface area contributed by atoms with Gasteiger partial charge >= 0.3 is 0 Å². The third-order valence-corrected chi connectivity index (χ3v) is 3.70. The van der Waals surface area contributed by atoms with Gasteiger partial charge in [0.2, 0.25) is 0 Å². The summed E-state index contributed by atoms with van der Waals surface area (Å²) in [4.78, 5) is 12.4. The minimum Gasteiger partial charge on any atom is -0.497 e. The van der Waals surface area contributed by atoms with Gasteiger partial charge in [-0.3, -0.25) is 4.79 Å². The Morgan fingerprint density at radius 1 is 1.05 bits per heavy atom. The van der Waals surface area contributed by atoms with Crippen molar-refractivity contribution < 1.29 is 14.3 Å². The van der Waals surface area contributed by atoms with Gasteiger partial charge in [-0.05, 0) is 29.8 Å². The van der Waals surface area contributed by atoms with Gasteiger partial charge < -0.3 is 9.47 Å². The third-order valence-electron chi connectivity index (χ3n) is 3.70. The number of carbonyl (C=O) groups excluding carboxylic acids is 1. The molecule has 3 nitrogen and oxygen atoms in total. The van der Waals surface area contributed by atoms with Crippen LogP contribution in [0, 0.1) is 0 Å². The third kappa shape index (κ3) is 2.42. The Morgan fingerprint density at radius 2 is 1.86 bits per heavy atom. The van der Waals surface area contributed by atoms with E-state index in [2.05, 4.69) is 0 Å². The predicted octanol–water partition coefficient (Wildman–Crippen LogP) is 3.53. The van der Waals surface area contributed by atoms with E-state index >= 15 is 0 Å². The minimum atomic E-state index is 0.0930. The summed E-state index contributed by atoms with van der Waals surface area (Å²) in [6.07, 6.45) is 2.55. The molecule has 0 aliphatic heterocycles. The fourth-order valence-electron chi connectivity index (χ4n) is 2.61. The summed E-state index contributed by atoms with van der Waals surface area (Å²) in [6.45, 7) is 0. The number of hydrogen-bond donors (Lipinski definition) is 0. The molecule has 0 radical (unpaired) electrons. The number of Topliss-reactive ketones (excluding diaryl/α,β-unsaturated/α-hetero) is 1. The van der Waals surface area contributed by atoms with Gasteiger partial charge in [-0.15, -0.1) is 0 Å². The first-order valence-electron chi connectivity index (χ1n) is 6.78. The van der Waals surface area contributed by atoms with E-state index in [0.29, 0.717) is 6.42 Å². The molecule has 0 atom stereocenters. The molecule has 0 N–H and O–H groups in total. The Bertz CT molecular complexity index is 729. The van der Waals surface area contributed by atoms with Gasteiger partial charge in [0.1, 0.15) is 11.5 Å². The molecule has 2 aromatic carbocycles. The van der Waals surface area contributed by atoms with Crippen LogP contribution in [0.1, 0.15) is 21.5 Å². The van der Waals surface area contributed by atoms with Gasteiger partial charge in [-0.1, -0.05) is 24.3 Å². The maximum Gasteiger partial charge on any atom is 0.189 e. The number of allylic oxidation sites excluding steroid dienone is 1. The number of benzene rings is 2. The Hall–Kier alpha value is -2.55. The maximum absolute atomic E-state index is 12.4. The first-order valence-corrected chi connectivity index (χ1v) is 6.78. The van der Waals surface area contributed by atoms with E-state index < -0.39 is 0 Å². The molecule has 0 aromatic heterocycles. The quantitative estimate of drug-likeness (QED) is 0.807. The number of ether oxygens (including phenoxy) is 2. The number of rotatable bonds is 3. The first-order chi connectivity index (χ1) is 10.2. The summed E-state index contributed by atoms with van der Waals surface area (Å²) in [5, 5.41) is 0. The van der Waals surface area contributed by atoms with Gasteiger partial charge in [0.15, 0.2) is 5.78 Å². The molecule has 0 fully saturated rings. The molecule has 3 rings (SSSR count). The molecule has 1 aliphatic rings. The molecule has 0 saturated heterocycles. The molecule has 0 unspecified atom stereocenters. The molecular weight excluding hydrogens is 264 g/mol. The standard InChI is InChI=1S/C18H16O3/c1-20-15-7-8-17(21-2)13(11-15)10-14-9-12-5-3-4-6-16(12)18(14)19/h3-8,10-11H,9H2,1-2H3. The maximum atomic E-state index is 12.4. The normalized spacial score (nSPS) is 15.1. The predicted molar refractivity (Wildman–Crippen MR) is 82.0 cm³/mol. The largest absolute Gasteiger partial charge is 0.497 e. The lowest BCUT2D eigenvalue weighted by molar-refractivity contribution is 0.104. The van der Waals surface area contributed by atoms with Crippen molar-refractivity contribution in [1.82, 2.24) is 0 Å². The van der Waals surface area contributed by atoms with Crippen molar-refractivity contribution in [2.45, 2.75) is 6.42 Å². The highest BCUT2D eigenvalue weighted by Crippen LogP contribution is 2.31. The van der Waals surface area contributed by atoms with Crippen LogP contribution in [0.15, 0.2) is 48.0 Å². The summed E-state index contributed by atoms with van der Waals surface area (Å²) < 4.78 is 10.6. The summed E-state index contributed by atoms with van der Waals surface area (Å²) in [5.74, 6) is 1.56. The van der Waals surface area contributed by atoms with E-state index in [4.69, 9.17) is 9.47 Å². The number of carbonyl (C=O) groups is 1. The summed E-state index contributed by atoms with van der Waals surface area (Å²) >= 11 is 0. The number of ketones is 1. The fourth-order valence-corrected chi connectivity index (χ4v) is 2.61. The highest BCUT2D eigenvalue weighted by atomic mass is 16.5. The van der Waals surface area contributed by atoms with Crippen molar-refractivity contribution >= 4 is 11.9 Å². The summed E-state index contributed by atoms with van der Waals surface area (Å²) in [5.41, 5.74) is 3.51. The van der Waals surface area contributed by atoms with E-state index in [1.807, 2.05) is 48.5 Å². The van der Waals surface area contributed by atoms with Crippen molar-refractivity contribution in [1.29, 1.82) is 0 Å². The molecule has 106 valence electrons. The summed E-state index contributed by atoms with van der Waals surface area (Å²) in [6, 6.07) is 13.3. The van der Waals surface area contributed by atoms with Crippen molar-refractivity contribution in [3.63, 3.8) is 0 Å². The van der Waals surface area contributed by atoms with Crippen molar-refractivity contribution in [2.24, 2.45) is 0 Å². The van der Waals surface area contributed by atoms with Crippen LogP contribution in [0.4, 0.5) is 0 Å². The highest BCUT2D eigenvalue weighted by molar-refractivity contribution is 6.15. The van der Waals surface area contributed by atoms with Crippen LogP contribution in [0.25, 0.3) is 6.08 Å². The van der Waals surface area contributed by atoms with Crippen LogP contribution in [-0.4, -0.2) is 20.0 Å². The molecule has 0 amide bonds. The van der Waals surface area contributed by atoms with Crippen LogP contribution in [0.2, 0.25) is 0 Å². The van der Waals surface area contributed by atoms with E-state index in [0.717, 1.165) is 33.8 Å². The second-order valence-electron chi connectivity index (χ2n) is 4.94. The minimum absolute atomic E-state index is 0.0930. The topological polar surface area (TPSA) is 35.5 Å². The average molecular weight is 280 g/mol. The van der Waals surface area contributed by atoms with Crippen LogP contribution >= 0.6 is 0 Å². The Kier molecular flexibility index (Phi) is 3.48. The van der Waals surface area contributed by atoms with Crippen molar-refractivity contribution in [2.75, 3.05) is 14.2 Å². The Labute approximate surface area is 123 Å². The van der Waals surface area contributed by atoms with Gasteiger partial charge in [-0.2, -0.15) is 0 Å². The highest BCUT2D eigenvalue weighted by Gasteiger charge is 2.24. The van der Waals surface area contributed by atoms with E-state index in [9.17, 15) is 4.79 Å². The molecule has 21 heavy (non-hydrogen) atoms. The van der Waals surface area contributed by atoms with Crippen LogP contribution in [-0.2, 0) is 6.42 Å². The van der Waals surface area contributed by atoms with Crippen LogP contribution in [0.3, 0.4) is 0 Å². The summed E-state index contributed by atoms with van der Waals surface area (Å²) in [7, 11) is 3.24. The molecule has 2 aromatic rings. The first kappa shape index (κ1) is 13.4. The molecule has 0 heterocycles. The SMILES string of the molecule is COc1ccc(OC)c(C=C2Cc3ccccc3C2=O)c1. The lowest BCUT2D eigenvalue weighted by atomic mass is 10.1. The lowest BCUT2D eigenvalue weighted by Crippen LogP contribution is -1.96. The molecule has 0 spiro atoms. The van der Waals surface area contributed by atoms with Crippen LogP contribution in [0.5, 0.6) is 11.5 Å². The molecule has 0 saturated carbocycles. The lowest BCUT2D eigenvalue weighted by Gasteiger charge is -2.08. The zero-order valence-electron chi connectivity index (χ0n) is 12.1. The molecule has 3 heteroatoms. The van der Waals surface area contributed by atoms with E-state index in [-0.39, 0.29) is 5.78 Å². The monoisotopic (exact) mass is 280 g/mol. The Morgan fingerprint density at radius 3 is 2.57 bits per heavy atom. The zero-order chi connectivity index (χ0) is 14.8. The number of methoxy groups -OCH3 is 2. The average Bonchev–Trinajstić information content (AvgIpc) is 2.84. The second kappa shape index (κ2) is 5.44. The van der Waals surface area contributed by atoms with Crippen molar-refractivity contribution in [3.05, 3.63) is 64.7 Å². The van der Waals surface area contributed by atoms with Gasteiger partial charge in [0, 0.05) is 23.1 Å². The smallest absolute Gasteiger partial charge is 0.189 e. The van der Waals surface area contributed by atoms with E-state index in [1.54, 1.807) is 14.2 Å². The van der Waals surface area contributed by atoms with E-state index in [1.165, 1.54) is 0 Å². The zero-order valence-corrected chi connectivity index (χ0v) is 12.1. The number of hydrogen-bond acceptors (Lipinski definition) is 3.